The number of aryl methyl sites for hydroxylation is 1. The molecule has 0 spiro atoms. The van der Waals surface area contributed by atoms with Crippen LogP contribution in [0.1, 0.15) is 53.5 Å². The monoisotopic (exact) mass is 320 g/mol. The summed E-state index contributed by atoms with van der Waals surface area (Å²) < 4.78 is 11.7. The van der Waals surface area contributed by atoms with Crippen LogP contribution in [0.15, 0.2) is 18.2 Å². The SMILES string of the molecule is CCC(C)C(N)Oc1cc([B]OC(C)(C)C(C)(C)O)ccc1C. The van der Waals surface area contributed by atoms with Gasteiger partial charge in [-0.25, -0.2) is 0 Å². The third-order valence-corrected chi connectivity index (χ3v) is 4.64. The van der Waals surface area contributed by atoms with Crippen LogP contribution in [-0.2, 0) is 4.65 Å². The summed E-state index contributed by atoms with van der Waals surface area (Å²) >= 11 is 0. The summed E-state index contributed by atoms with van der Waals surface area (Å²) in [6, 6.07) is 5.85. The Hall–Kier alpha value is -1.04. The molecule has 0 aliphatic rings. The first kappa shape index (κ1) is 20.0. The minimum Gasteiger partial charge on any atom is -0.475 e. The lowest BCUT2D eigenvalue weighted by Crippen LogP contribution is -2.49. The maximum Gasteiger partial charge on any atom is 0.331 e. The molecule has 4 nitrogen and oxygen atoms in total. The summed E-state index contributed by atoms with van der Waals surface area (Å²) in [6.45, 7) is 13.3. The van der Waals surface area contributed by atoms with E-state index in [1.807, 2.05) is 39.0 Å². The Morgan fingerprint density at radius 1 is 1.26 bits per heavy atom. The molecule has 2 atom stereocenters. The van der Waals surface area contributed by atoms with Crippen LogP contribution in [0, 0.1) is 12.8 Å². The predicted molar refractivity (Wildman–Crippen MR) is 96.1 cm³/mol. The van der Waals surface area contributed by atoms with Crippen LogP contribution in [0.4, 0.5) is 0 Å². The highest BCUT2D eigenvalue weighted by atomic mass is 16.5. The van der Waals surface area contributed by atoms with E-state index in [9.17, 15) is 5.11 Å². The van der Waals surface area contributed by atoms with Gasteiger partial charge in [0.15, 0.2) is 0 Å². The first-order chi connectivity index (χ1) is 10.5. The normalized spacial score (nSPS) is 15.2. The number of hydrogen-bond donors (Lipinski definition) is 2. The van der Waals surface area contributed by atoms with Crippen molar-refractivity contribution < 1.29 is 14.5 Å². The van der Waals surface area contributed by atoms with Crippen molar-refractivity contribution in [1.29, 1.82) is 0 Å². The third kappa shape index (κ3) is 5.52. The number of aliphatic hydroxyl groups is 1. The van der Waals surface area contributed by atoms with E-state index in [4.69, 9.17) is 15.1 Å². The average Bonchev–Trinajstić information content (AvgIpc) is 2.45. The van der Waals surface area contributed by atoms with Crippen molar-refractivity contribution in [2.24, 2.45) is 11.7 Å². The number of ether oxygens (including phenoxy) is 1. The van der Waals surface area contributed by atoms with Crippen LogP contribution < -0.4 is 15.9 Å². The summed E-state index contributed by atoms with van der Waals surface area (Å²) in [5.41, 5.74) is 6.33. The lowest BCUT2D eigenvalue weighted by Gasteiger charge is -2.37. The zero-order valence-corrected chi connectivity index (χ0v) is 15.5. The second kappa shape index (κ2) is 7.69. The van der Waals surface area contributed by atoms with E-state index in [0.29, 0.717) is 0 Å². The minimum absolute atomic E-state index is 0.285. The first-order valence-corrected chi connectivity index (χ1v) is 8.24. The zero-order valence-electron chi connectivity index (χ0n) is 15.5. The summed E-state index contributed by atoms with van der Waals surface area (Å²) in [5, 5.41) is 10.1. The van der Waals surface area contributed by atoms with Gasteiger partial charge in [-0.3, -0.25) is 5.73 Å². The third-order valence-electron chi connectivity index (χ3n) is 4.64. The topological polar surface area (TPSA) is 64.7 Å². The summed E-state index contributed by atoms with van der Waals surface area (Å²) in [6.07, 6.45) is 0.636. The second-order valence-electron chi connectivity index (χ2n) is 7.30. The molecule has 0 aliphatic carbocycles. The highest BCUT2D eigenvalue weighted by Crippen LogP contribution is 2.24. The average molecular weight is 320 g/mol. The van der Waals surface area contributed by atoms with Gasteiger partial charge < -0.3 is 14.5 Å². The maximum absolute atomic E-state index is 10.1. The van der Waals surface area contributed by atoms with E-state index in [1.165, 1.54) is 0 Å². The molecule has 0 heterocycles. The van der Waals surface area contributed by atoms with E-state index < -0.39 is 11.2 Å². The molecular weight excluding hydrogens is 289 g/mol. The smallest absolute Gasteiger partial charge is 0.331 e. The van der Waals surface area contributed by atoms with Gasteiger partial charge in [-0.15, -0.1) is 0 Å². The van der Waals surface area contributed by atoms with Gasteiger partial charge in [0, 0.05) is 5.92 Å². The Kier molecular flexibility index (Phi) is 6.69. The molecule has 1 radical (unpaired) electrons. The van der Waals surface area contributed by atoms with Crippen LogP contribution in [0.2, 0.25) is 0 Å². The molecule has 1 aromatic rings. The fraction of sp³-hybridized carbons (Fsp3) is 0.667. The van der Waals surface area contributed by atoms with Gasteiger partial charge in [0.05, 0.1) is 11.2 Å². The Morgan fingerprint density at radius 2 is 1.87 bits per heavy atom. The molecule has 0 saturated carbocycles. The first-order valence-electron chi connectivity index (χ1n) is 8.24. The summed E-state index contributed by atoms with van der Waals surface area (Å²) in [4.78, 5) is 0. The molecule has 2 unspecified atom stereocenters. The van der Waals surface area contributed by atoms with Crippen LogP contribution >= 0.6 is 0 Å². The van der Waals surface area contributed by atoms with Gasteiger partial charge in [0.25, 0.3) is 0 Å². The maximum atomic E-state index is 10.1. The molecule has 0 aliphatic heterocycles. The van der Waals surface area contributed by atoms with E-state index >= 15 is 0 Å². The Bertz CT molecular complexity index is 511. The van der Waals surface area contributed by atoms with Gasteiger partial charge in [-0.1, -0.05) is 26.0 Å². The quantitative estimate of drug-likeness (QED) is 0.571. The molecule has 0 amide bonds. The molecule has 129 valence electrons. The van der Waals surface area contributed by atoms with E-state index in [1.54, 1.807) is 21.3 Å². The minimum atomic E-state index is -0.952. The lowest BCUT2D eigenvalue weighted by atomic mass is 9.82. The van der Waals surface area contributed by atoms with Gasteiger partial charge in [-0.2, -0.15) is 0 Å². The van der Waals surface area contributed by atoms with Crippen molar-refractivity contribution in [3.05, 3.63) is 23.8 Å². The molecule has 0 aromatic heterocycles. The van der Waals surface area contributed by atoms with E-state index in [0.717, 1.165) is 23.2 Å². The van der Waals surface area contributed by atoms with Crippen LogP contribution in [0.25, 0.3) is 0 Å². The van der Waals surface area contributed by atoms with Gasteiger partial charge >= 0.3 is 7.48 Å². The molecule has 0 saturated heterocycles. The van der Waals surface area contributed by atoms with Crippen LogP contribution in [-0.4, -0.2) is 30.0 Å². The lowest BCUT2D eigenvalue weighted by molar-refractivity contribution is -0.0893. The van der Waals surface area contributed by atoms with Crippen molar-refractivity contribution in [1.82, 2.24) is 0 Å². The second-order valence-corrected chi connectivity index (χ2v) is 7.30. The fourth-order valence-corrected chi connectivity index (χ4v) is 1.67. The molecule has 3 N–H and O–H groups in total. The number of nitrogens with two attached hydrogens (primary N) is 1. The molecule has 23 heavy (non-hydrogen) atoms. The highest BCUT2D eigenvalue weighted by Gasteiger charge is 2.35. The van der Waals surface area contributed by atoms with Crippen molar-refractivity contribution in [2.45, 2.75) is 72.3 Å². The standard InChI is InChI=1S/C18H31BNO3/c1-8-12(2)16(20)22-15-11-14(10-9-13(15)3)19-23-18(6,7)17(4,5)21/h9-12,16,21H,8,20H2,1-7H3. The Labute approximate surface area is 141 Å². The van der Waals surface area contributed by atoms with Gasteiger partial charge in [0.1, 0.15) is 12.0 Å². The van der Waals surface area contributed by atoms with Crippen molar-refractivity contribution in [3.63, 3.8) is 0 Å². The number of benzene rings is 1. The number of rotatable bonds is 8. The highest BCUT2D eigenvalue weighted by molar-refractivity contribution is 6.47. The molecule has 1 aromatic carbocycles. The summed E-state index contributed by atoms with van der Waals surface area (Å²) in [5.74, 6) is 1.05. The fourth-order valence-electron chi connectivity index (χ4n) is 1.67. The van der Waals surface area contributed by atoms with E-state index in [2.05, 4.69) is 13.8 Å². The Balaban J connectivity index is 2.81. The van der Waals surface area contributed by atoms with Crippen molar-refractivity contribution in [3.8, 4) is 5.75 Å². The molecule has 5 heteroatoms. The molecule has 0 fully saturated rings. The van der Waals surface area contributed by atoms with Crippen LogP contribution in [0.3, 0.4) is 0 Å². The zero-order chi connectivity index (χ0) is 17.8. The van der Waals surface area contributed by atoms with Crippen molar-refractivity contribution >= 4 is 12.9 Å². The van der Waals surface area contributed by atoms with Crippen LogP contribution in [0.5, 0.6) is 5.75 Å². The molecule has 0 bridgehead atoms. The molecule has 1 rings (SSSR count). The predicted octanol–water partition coefficient (Wildman–Crippen LogP) is 2.52. The van der Waals surface area contributed by atoms with Gasteiger partial charge in [0.2, 0.25) is 0 Å². The Morgan fingerprint density at radius 3 is 2.39 bits per heavy atom. The largest absolute Gasteiger partial charge is 0.475 e. The molecular formula is C18H31BNO3. The van der Waals surface area contributed by atoms with E-state index in [-0.39, 0.29) is 12.1 Å². The number of hydrogen-bond acceptors (Lipinski definition) is 4. The van der Waals surface area contributed by atoms with Gasteiger partial charge in [-0.05, 0) is 58.1 Å². The summed E-state index contributed by atoms with van der Waals surface area (Å²) in [7, 11) is 1.65. The van der Waals surface area contributed by atoms with Crippen molar-refractivity contribution in [2.75, 3.05) is 0 Å².